The van der Waals surface area contributed by atoms with Crippen LogP contribution < -0.4 is 0 Å². The van der Waals surface area contributed by atoms with Gasteiger partial charge in [-0.05, 0) is 19.1 Å². The van der Waals surface area contributed by atoms with E-state index in [0.29, 0.717) is 0 Å². The average molecular weight is 226 g/mol. The van der Waals surface area contributed by atoms with E-state index < -0.39 is 16.4 Å². The maximum atomic E-state index is 11.6. The van der Waals surface area contributed by atoms with Crippen molar-refractivity contribution in [3.63, 3.8) is 0 Å². The van der Waals surface area contributed by atoms with Crippen LogP contribution >= 0.6 is 0 Å². The molecule has 1 aromatic carbocycles. The van der Waals surface area contributed by atoms with E-state index >= 15 is 0 Å². The molecule has 15 heavy (non-hydrogen) atoms. The lowest BCUT2D eigenvalue weighted by molar-refractivity contribution is -0.0197. The second-order valence-electron chi connectivity index (χ2n) is 3.20. The van der Waals surface area contributed by atoms with Gasteiger partial charge in [0.05, 0.1) is 11.2 Å². The molecule has 0 saturated carbocycles. The van der Waals surface area contributed by atoms with Crippen molar-refractivity contribution < 1.29 is 17.3 Å². The average Bonchev–Trinajstić information content (AvgIpc) is 2.13. The molecule has 1 aliphatic rings. The quantitative estimate of drug-likeness (QED) is 0.734. The second-order valence-corrected chi connectivity index (χ2v) is 4.77. The molecule has 1 aliphatic heterocycles. The molecular formula is C10H10O4S. The topological polar surface area (TPSA) is 52.6 Å². The molecule has 2 rings (SSSR count). The SMILES string of the molecule is Cc1ccc(S(=O)(=O)OC2C=CO2)cc1. The van der Waals surface area contributed by atoms with E-state index in [1.165, 1.54) is 24.5 Å². The van der Waals surface area contributed by atoms with Gasteiger partial charge in [0.25, 0.3) is 0 Å². The molecular weight excluding hydrogens is 216 g/mol. The number of hydrogen-bond acceptors (Lipinski definition) is 4. The predicted octanol–water partition coefficient (Wildman–Crippen LogP) is 1.57. The monoisotopic (exact) mass is 226 g/mol. The van der Waals surface area contributed by atoms with Gasteiger partial charge in [-0.2, -0.15) is 8.42 Å². The molecule has 0 bridgehead atoms. The van der Waals surface area contributed by atoms with Crippen molar-refractivity contribution in [3.8, 4) is 0 Å². The fourth-order valence-electron chi connectivity index (χ4n) is 1.08. The highest BCUT2D eigenvalue weighted by Gasteiger charge is 2.23. The van der Waals surface area contributed by atoms with E-state index in [2.05, 4.69) is 0 Å². The molecule has 0 aliphatic carbocycles. The van der Waals surface area contributed by atoms with Crippen molar-refractivity contribution in [2.45, 2.75) is 18.1 Å². The van der Waals surface area contributed by atoms with Crippen LogP contribution in [-0.2, 0) is 19.0 Å². The first-order valence-electron chi connectivity index (χ1n) is 4.40. The van der Waals surface area contributed by atoms with Crippen LogP contribution in [0.3, 0.4) is 0 Å². The van der Waals surface area contributed by atoms with Gasteiger partial charge in [-0.1, -0.05) is 17.7 Å². The highest BCUT2D eigenvalue weighted by atomic mass is 32.2. The summed E-state index contributed by atoms with van der Waals surface area (Å²) >= 11 is 0. The maximum absolute atomic E-state index is 11.6. The number of ether oxygens (including phenoxy) is 1. The fourth-order valence-corrected chi connectivity index (χ4v) is 2.02. The van der Waals surface area contributed by atoms with Gasteiger partial charge in [0.2, 0.25) is 6.29 Å². The molecule has 1 unspecified atom stereocenters. The van der Waals surface area contributed by atoms with Gasteiger partial charge in [0, 0.05) is 6.08 Å². The molecule has 80 valence electrons. The fraction of sp³-hybridized carbons (Fsp3) is 0.200. The zero-order valence-corrected chi connectivity index (χ0v) is 8.90. The van der Waals surface area contributed by atoms with E-state index in [9.17, 15) is 8.42 Å². The third-order valence-electron chi connectivity index (χ3n) is 1.98. The summed E-state index contributed by atoms with van der Waals surface area (Å²) in [6.07, 6.45) is 2.12. The third-order valence-corrected chi connectivity index (χ3v) is 3.27. The summed E-state index contributed by atoms with van der Waals surface area (Å²) in [5, 5.41) is 0. The Kier molecular flexibility index (Phi) is 2.50. The Labute approximate surface area is 88.3 Å². The van der Waals surface area contributed by atoms with Gasteiger partial charge in [-0.15, -0.1) is 0 Å². The highest BCUT2D eigenvalue weighted by Crippen LogP contribution is 2.18. The van der Waals surface area contributed by atoms with Gasteiger partial charge < -0.3 is 4.74 Å². The summed E-state index contributed by atoms with van der Waals surface area (Å²) in [6, 6.07) is 6.45. The Balaban J connectivity index is 2.21. The zero-order valence-electron chi connectivity index (χ0n) is 8.08. The van der Waals surface area contributed by atoms with Crippen LogP contribution in [-0.4, -0.2) is 14.7 Å². The first kappa shape index (κ1) is 10.2. The molecule has 4 nitrogen and oxygen atoms in total. The van der Waals surface area contributed by atoms with E-state index in [0.717, 1.165) is 5.56 Å². The number of aryl methyl sites for hydroxylation is 1. The molecule has 1 heterocycles. The summed E-state index contributed by atoms with van der Waals surface area (Å²) in [5.41, 5.74) is 0.994. The first-order valence-corrected chi connectivity index (χ1v) is 5.81. The molecule has 0 saturated heterocycles. The van der Waals surface area contributed by atoms with Crippen LogP contribution in [0.5, 0.6) is 0 Å². The van der Waals surface area contributed by atoms with Crippen molar-refractivity contribution in [2.75, 3.05) is 0 Å². The van der Waals surface area contributed by atoms with Crippen LogP contribution in [0.1, 0.15) is 5.56 Å². The summed E-state index contributed by atoms with van der Waals surface area (Å²) in [7, 11) is -3.71. The van der Waals surface area contributed by atoms with Crippen molar-refractivity contribution in [3.05, 3.63) is 42.2 Å². The summed E-state index contributed by atoms with van der Waals surface area (Å²) < 4.78 is 32.7. The van der Waals surface area contributed by atoms with Crippen LogP contribution in [0.25, 0.3) is 0 Å². The number of rotatable bonds is 3. The predicted molar refractivity (Wildman–Crippen MR) is 53.5 cm³/mol. The Hall–Kier alpha value is -1.33. The van der Waals surface area contributed by atoms with Crippen LogP contribution in [0, 0.1) is 6.92 Å². The van der Waals surface area contributed by atoms with Crippen molar-refractivity contribution in [2.24, 2.45) is 0 Å². The van der Waals surface area contributed by atoms with Gasteiger partial charge in [-0.3, -0.25) is 0 Å². The van der Waals surface area contributed by atoms with Crippen molar-refractivity contribution >= 4 is 10.1 Å². The number of hydrogen-bond donors (Lipinski definition) is 0. The molecule has 1 aromatic rings. The standard InChI is InChI=1S/C10H10O4S/c1-8-2-4-9(5-3-8)15(11,12)14-10-6-7-13-10/h2-7,10H,1H3. The Morgan fingerprint density at radius 1 is 1.27 bits per heavy atom. The lowest BCUT2D eigenvalue weighted by Crippen LogP contribution is -2.22. The van der Waals surface area contributed by atoms with Crippen molar-refractivity contribution in [1.29, 1.82) is 0 Å². The molecule has 0 spiro atoms. The summed E-state index contributed by atoms with van der Waals surface area (Å²) in [4.78, 5) is 0.136. The molecule has 0 amide bonds. The van der Waals surface area contributed by atoms with Gasteiger partial charge >= 0.3 is 10.1 Å². The largest absolute Gasteiger partial charge is 0.468 e. The molecule has 0 radical (unpaired) electrons. The lowest BCUT2D eigenvalue weighted by Gasteiger charge is -2.18. The lowest BCUT2D eigenvalue weighted by atomic mass is 10.2. The smallest absolute Gasteiger partial charge is 0.300 e. The van der Waals surface area contributed by atoms with Crippen LogP contribution in [0.4, 0.5) is 0 Å². The highest BCUT2D eigenvalue weighted by molar-refractivity contribution is 7.86. The molecule has 0 fully saturated rings. The third kappa shape index (κ3) is 2.19. The second kappa shape index (κ2) is 3.67. The normalized spacial score (nSPS) is 19.4. The van der Waals surface area contributed by atoms with Crippen LogP contribution in [0.15, 0.2) is 41.5 Å². The minimum absolute atomic E-state index is 0.136. The van der Waals surface area contributed by atoms with E-state index in [4.69, 9.17) is 8.92 Å². The Bertz CT molecular complexity index is 473. The minimum atomic E-state index is -3.71. The van der Waals surface area contributed by atoms with Gasteiger partial charge in [-0.25, -0.2) is 4.18 Å². The molecule has 0 N–H and O–H groups in total. The van der Waals surface area contributed by atoms with Gasteiger partial charge in [0.1, 0.15) is 0 Å². The molecule has 5 heteroatoms. The molecule has 1 atom stereocenters. The van der Waals surface area contributed by atoms with Crippen LogP contribution in [0.2, 0.25) is 0 Å². The van der Waals surface area contributed by atoms with E-state index in [-0.39, 0.29) is 4.90 Å². The summed E-state index contributed by atoms with van der Waals surface area (Å²) in [6.45, 7) is 1.88. The first-order chi connectivity index (χ1) is 7.08. The Morgan fingerprint density at radius 3 is 2.33 bits per heavy atom. The van der Waals surface area contributed by atoms with Gasteiger partial charge in [0.15, 0.2) is 0 Å². The molecule has 0 aromatic heterocycles. The maximum Gasteiger partial charge on any atom is 0.300 e. The summed E-state index contributed by atoms with van der Waals surface area (Å²) in [5.74, 6) is 0. The van der Waals surface area contributed by atoms with Crippen molar-refractivity contribution in [1.82, 2.24) is 0 Å². The zero-order chi connectivity index (χ0) is 10.9. The number of benzene rings is 1. The van der Waals surface area contributed by atoms with E-state index in [1.54, 1.807) is 12.1 Å². The minimum Gasteiger partial charge on any atom is -0.468 e. The van der Waals surface area contributed by atoms with E-state index in [1.807, 2.05) is 6.92 Å². The Morgan fingerprint density at radius 2 is 1.87 bits per heavy atom.